The summed E-state index contributed by atoms with van der Waals surface area (Å²) >= 11 is 0. The summed E-state index contributed by atoms with van der Waals surface area (Å²) in [6, 6.07) is 8.28. The number of benzene rings is 1. The van der Waals surface area contributed by atoms with E-state index in [-0.39, 0.29) is 23.9 Å². The van der Waals surface area contributed by atoms with Crippen molar-refractivity contribution in [3.8, 4) is 0 Å². The van der Waals surface area contributed by atoms with Crippen molar-refractivity contribution in [3.05, 3.63) is 35.4 Å². The van der Waals surface area contributed by atoms with Gasteiger partial charge in [0.1, 0.15) is 5.54 Å². The van der Waals surface area contributed by atoms with Gasteiger partial charge in [-0.25, -0.2) is 0 Å². The van der Waals surface area contributed by atoms with E-state index in [0.717, 1.165) is 49.7 Å². The van der Waals surface area contributed by atoms with E-state index in [0.29, 0.717) is 6.42 Å². The van der Waals surface area contributed by atoms with E-state index in [1.165, 1.54) is 19.3 Å². The zero-order valence-electron chi connectivity index (χ0n) is 15.8. The molecule has 2 aliphatic carbocycles. The number of amides is 2. The normalized spacial score (nSPS) is 27.4. The van der Waals surface area contributed by atoms with Gasteiger partial charge in [0.25, 0.3) is 5.91 Å². The Bertz CT molecular complexity index is 689. The van der Waals surface area contributed by atoms with Crippen molar-refractivity contribution in [2.75, 3.05) is 0 Å². The van der Waals surface area contributed by atoms with Gasteiger partial charge in [0.2, 0.25) is 5.91 Å². The predicted molar refractivity (Wildman–Crippen MR) is 102 cm³/mol. The lowest BCUT2D eigenvalue weighted by Crippen LogP contribution is -2.66. The first kappa shape index (κ1) is 17.6. The van der Waals surface area contributed by atoms with Crippen molar-refractivity contribution in [2.45, 2.75) is 88.8 Å². The Morgan fingerprint density at radius 1 is 1.04 bits per heavy atom. The number of carbonyl (C=O) groups is 2. The molecule has 2 amide bonds. The molecule has 3 aliphatic rings. The van der Waals surface area contributed by atoms with Crippen molar-refractivity contribution in [1.29, 1.82) is 0 Å². The summed E-state index contributed by atoms with van der Waals surface area (Å²) in [4.78, 5) is 28.7. The number of fused-ring (bicyclic) bond motifs is 1. The number of rotatable bonds is 3. The van der Waals surface area contributed by atoms with Gasteiger partial charge in [-0.1, -0.05) is 50.3 Å². The van der Waals surface area contributed by atoms with E-state index in [2.05, 4.69) is 5.32 Å². The molecule has 1 aromatic rings. The third-order valence-electron chi connectivity index (χ3n) is 6.65. The maximum atomic E-state index is 13.4. The fraction of sp³-hybridized carbons (Fsp3) is 0.636. The summed E-state index contributed by atoms with van der Waals surface area (Å²) < 4.78 is 0. The summed E-state index contributed by atoms with van der Waals surface area (Å²) in [6.45, 7) is 1.98. The van der Waals surface area contributed by atoms with E-state index in [4.69, 9.17) is 0 Å². The molecule has 1 N–H and O–H groups in total. The first-order valence-electron chi connectivity index (χ1n) is 10.3. The van der Waals surface area contributed by atoms with Gasteiger partial charge < -0.3 is 10.2 Å². The highest BCUT2D eigenvalue weighted by molar-refractivity contribution is 6.02. The van der Waals surface area contributed by atoms with Crippen LogP contribution in [0.1, 0.15) is 80.6 Å². The van der Waals surface area contributed by atoms with Crippen LogP contribution >= 0.6 is 0 Å². The molecule has 2 fully saturated rings. The Balaban J connectivity index is 1.66. The van der Waals surface area contributed by atoms with Crippen molar-refractivity contribution < 1.29 is 9.59 Å². The molecule has 0 spiro atoms. The quantitative estimate of drug-likeness (QED) is 0.897. The van der Waals surface area contributed by atoms with Gasteiger partial charge in [-0.2, -0.15) is 0 Å². The van der Waals surface area contributed by atoms with Crippen molar-refractivity contribution in [3.63, 3.8) is 0 Å². The number of nitrogens with one attached hydrogen (secondary N) is 1. The molecule has 1 heterocycles. The third kappa shape index (κ3) is 3.04. The van der Waals surface area contributed by atoms with Gasteiger partial charge in [-0.3, -0.25) is 9.59 Å². The van der Waals surface area contributed by atoms with Crippen LogP contribution in [0.15, 0.2) is 24.3 Å². The number of carbonyl (C=O) groups excluding carboxylic acids is 2. The van der Waals surface area contributed by atoms with Gasteiger partial charge in [-0.05, 0) is 44.2 Å². The summed E-state index contributed by atoms with van der Waals surface area (Å²) in [6.07, 6.45) is 10.7. The lowest BCUT2D eigenvalue weighted by atomic mass is 9.81. The van der Waals surface area contributed by atoms with Crippen LogP contribution in [0, 0.1) is 0 Å². The van der Waals surface area contributed by atoms with E-state index >= 15 is 0 Å². The second-order valence-corrected chi connectivity index (χ2v) is 8.53. The fourth-order valence-corrected chi connectivity index (χ4v) is 5.20. The molecule has 4 rings (SSSR count). The zero-order valence-corrected chi connectivity index (χ0v) is 15.8. The minimum Gasteiger partial charge on any atom is -0.351 e. The molecule has 140 valence electrons. The molecular weight excluding hydrogens is 324 g/mol. The highest BCUT2D eigenvalue weighted by atomic mass is 16.2. The SMILES string of the molecule is C[C@]1(C(=O)NC2CCCCC2)Cc2ccccc2C(=O)N1C1CCCC1. The molecule has 4 heteroatoms. The van der Waals surface area contributed by atoms with Crippen LogP contribution in [0.3, 0.4) is 0 Å². The second-order valence-electron chi connectivity index (χ2n) is 8.53. The molecule has 1 aromatic carbocycles. The van der Waals surface area contributed by atoms with Gasteiger partial charge >= 0.3 is 0 Å². The van der Waals surface area contributed by atoms with Crippen LogP contribution in [0.5, 0.6) is 0 Å². The Kier molecular flexibility index (Phi) is 4.76. The van der Waals surface area contributed by atoms with Gasteiger partial charge in [-0.15, -0.1) is 0 Å². The summed E-state index contributed by atoms with van der Waals surface area (Å²) in [5, 5.41) is 3.30. The van der Waals surface area contributed by atoms with E-state index in [9.17, 15) is 9.59 Å². The summed E-state index contributed by atoms with van der Waals surface area (Å²) in [5.41, 5.74) is 1.01. The highest BCUT2D eigenvalue weighted by Crippen LogP contribution is 2.37. The Labute approximate surface area is 156 Å². The molecule has 4 nitrogen and oxygen atoms in total. The molecule has 0 bridgehead atoms. The minimum atomic E-state index is -0.780. The molecule has 2 saturated carbocycles. The van der Waals surface area contributed by atoms with Crippen LogP contribution in [-0.4, -0.2) is 34.3 Å². The molecule has 0 saturated heterocycles. The van der Waals surface area contributed by atoms with Crippen molar-refractivity contribution >= 4 is 11.8 Å². The second kappa shape index (κ2) is 7.05. The molecule has 0 aromatic heterocycles. The van der Waals surface area contributed by atoms with E-state index in [1.54, 1.807) is 0 Å². The van der Waals surface area contributed by atoms with E-state index < -0.39 is 5.54 Å². The largest absolute Gasteiger partial charge is 0.351 e. The van der Waals surface area contributed by atoms with Crippen LogP contribution in [0.25, 0.3) is 0 Å². The molecular formula is C22H30N2O2. The smallest absolute Gasteiger partial charge is 0.255 e. The maximum absolute atomic E-state index is 13.4. The monoisotopic (exact) mass is 354 g/mol. The van der Waals surface area contributed by atoms with Crippen LogP contribution in [-0.2, 0) is 11.2 Å². The molecule has 1 aliphatic heterocycles. The first-order chi connectivity index (χ1) is 12.6. The van der Waals surface area contributed by atoms with Crippen LogP contribution in [0.4, 0.5) is 0 Å². The summed E-state index contributed by atoms with van der Waals surface area (Å²) in [5.74, 6) is 0.0826. The summed E-state index contributed by atoms with van der Waals surface area (Å²) in [7, 11) is 0. The Morgan fingerprint density at radius 3 is 2.42 bits per heavy atom. The van der Waals surface area contributed by atoms with Gasteiger partial charge in [0, 0.05) is 24.1 Å². The maximum Gasteiger partial charge on any atom is 0.255 e. The average molecular weight is 354 g/mol. The van der Waals surface area contributed by atoms with Gasteiger partial charge in [0.05, 0.1) is 0 Å². The first-order valence-corrected chi connectivity index (χ1v) is 10.3. The lowest BCUT2D eigenvalue weighted by Gasteiger charge is -2.47. The van der Waals surface area contributed by atoms with Crippen LogP contribution < -0.4 is 5.32 Å². The highest BCUT2D eigenvalue weighted by Gasteiger charge is 2.50. The standard InChI is InChI=1S/C22H30N2O2/c1-22(21(26)23-17-10-3-2-4-11-17)15-16-9-5-8-14-19(16)20(25)24(22)18-12-6-7-13-18/h5,8-9,14,17-18H,2-4,6-7,10-13,15H2,1H3,(H,23,26)/t22-/m1/s1. The fourth-order valence-electron chi connectivity index (χ4n) is 5.20. The van der Waals surface area contributed by atoms with E-state index in [1.807, 2.05) is 36.1 Å². The Hall–Kier alpha value is -1.84. The topological polar surface area (TPSA) is 49.4 Å². The van der Waals surface area contributed by atoms with Crippen molar-refractivity contribution in [1.82, 2.24) is 10.2 Å². The number of hydrogen-bond donors (Lipinski definition) is 1. The Morgan fingerprint density at radius 2 is 1.69 bits per heavy atom. The number of hydrogen-bond acceptors (Lipinski definition) is 2. The minimum absolute atomic E-state index is 0.0409. The molecule has 0 unspecified atom stereocenters. The molecule has 0 radical (unpaired) electrons. The van der Waals surface area contributed by atoms with Gasteiger partial charge in [0.15, 0.2) is 0 Å². The van der Waals surface area contributed by atoms with Crippen molar-refractivity contribution in [2.24, 2.45) is 0 Å². The van der Waals surface area contributed by atoms with Crippen LogP contribution in [0.2, 0.25) is 0 Å². The molecule has 26 heavy (non-hydrogen) atoms. The predicted octanol–water partition coefficient (Wildman–Crippen LogP) is 3.84. The zero-order chi connectivity index (χ0) is 18.1. The molecule has 1 atom stereocenters. The number of nitrogens with zero attached hydrogens (tertiary/aromatic N) is 1. The third-order valence-corrected chi connectivity index (χ3v) is 6.65. The lowest BCUT2D eigenvalue weighted by molar-refractivity contribution is -0.134. The average Bonchev–Trinajstić information content (AvgIpc) is 3.16.